The standard InChI is InChI=1S/C20H19NO3.C13H19NO2.C11H10O2/c22-19(14-8-7-11-16-9-3-1-4-10-16)21-18(20(23)24)15-17-12-5-2-6-13-17;1-13(2,3)16-12(15)11(14)9-10-7-5-4-6-8-10;12-11(13)9-5-4-8-10-6-2-1-3-7-10/h1-14,18H,15H2,(H,21,22)(H,23,24);4-8,11H,9,14H2,1-3H3;1-9H,(H,12,13)/b11-7+,14-8+;;8-4+,9-5+. The van der Waals surface area contributed by atoms with Crippen molar-refractivity contribution in [2.75, 3.05) is 0 Å². The van der Waals surface area contributed by atoms with Gasteiger partial charge in [-0.1, -0.05) is 158 Å². The number of hydrogen-bond donors (Lipinski definition) is 4. The first-order valence-electron chi connectivity index (χ1n) is 16.9. The van der Waals surface area contributed by atoms with Gasteiger partial charge in [-0.15, -0.1) is 0 Å². The van der Waals surface area contributed by atoms with Gasteiger partial charge in [0.15, 0.2) is 0 Å². The smallest absolute Gasteiger partial charge is 0.328 e. The summed E-state index contributed by atoms with van der Waals surface area (Å²) in [6.07, 6.45) is 13.4. The summed E-state index contributed by atoms with van der Waals surface area (Å²) in [4.78, 5) is 44.9. The molecule has 2 unspecified atom stereocenters. The molecule has 9 heteroatoms. The molecule has 0 aliphatic carbocycles. The fourth-order valence-electron chi connectivity index (χ4n) is 4.34. The van der Waals surface area contributed by atoms with Gasteiger partial charge in [0.05, 0.1) is 0 Å². The normalized spacial score (nSPS) is 12.3. The van der Waals surface area contributed by atoms with Crippen LogP contribution in [-0.4, -0.2) is 51.7 Å². The molecule has 0 spiro atoms. The lowest BCUT2D eigenvalue weighted by Crippen LogP contribution is -2.41. The molecule has 0 fully saturated rings. The van der Waals surface area contributed by atoms with Crippen molar-refractivity contribution < 1.29 is 34.1 Å². The number of hydrogen-bond acceptors (Lipinski definition) is 6. The summed E-state index contributed by atoms with van der Waals surface area (Å²) >= 11 is 0. The van der Waals surface area contributed by atoms with Crippen LogP contribution in [0, 0.1) is 0 Å². The number of esters is 1. The van der Waals surface area contributed by atoms with Crippen molar-refractivity contribution >= 4 is 36.0 Å². The Kier molecular flexibility index (Phi) is 19.4. The van der Waals surface area contributed by atoms with Crippen molar-refractivity contribution in [3.63, 3.8) is 0 Å². The third-order valence-electron chi connectivity index (χ3n) is 6.79. The zero-order valence-electron chi connectivity index (χ0n) is 30.2. The summed E-state index contributed by atoms with van der Waals surface area (Å²) in [6, 6.07) is 36.7. The van der Waals surface area contributed by atoms with Crippen molar-refractivity contribution in [2.45, 2.75) is 51.3 Å². The molecule has 9 nitrogen and oxygen atoms in total. The Morgan fingerprint density at radius 1 is 0.642 bits per heavy atom. The average Bonchev–Trinajstić information content (AvgIpc) is 3.13. The summed E-state index contributed by atoms with van der Waals surface area (Å²) in [5, 5.41) is 20.0. The predicted molar refractivity (Wildman–Crippen MR) is 211 cm³/mol. The van der Waals surface area contributed by atoms with Gasteiger partial charge in [-0.05, 0) is 49.4 Å². The fraction of sp³-hybridized carbons (Fsp3) is 0.182. The monoisotopic (exact) mass is 716 g/mol. The molecular weight excluding hydrogens is 668 g/mol. The zero-order chi connectivity index (χ0) is 38.9. The van der Waals surface area contributed by atoms with Crippen LogP contribution in [0.2, 0.25) is 0 Å². The lowest BCUT2D eigenvalue weighted by molar-refractivity contribution is -0.156. The number of carboxylic acids is 2. The highest BCUT2D eigenvalue weighted by molar-refractivity contribution is 5.91. The number of amides is 1. The highest BCUT2D eigenvalue weighted by atomic mass is 16.6. The maximum absolute atomic E-state index is 11.9. The van der Waals surface area contributed by atoms with E-state index in [-0.39, 0.29) is 12.4 Å². The second-order valence-electron chi connectivity index (χ2n) is 12.5. The molecule has 4 aromatic carbocycles. The lowest BCUT2D eigenvalue weighted by atomic mass is 10.1. The Bertz CT molecular complexity index is 1800. The largest absolute Gasteiger partial charge is 0.480 e. The van der Waals surface area contributed by atoms with Crippen LogP contribution in [-0.2, 0) is 36.8 Å². The minimum atomic E-state index is -1.06. The molecule has 0 saturated carbocycles. The first-order valence-corrected chi connectivity index (χ1v) is 16.9. The zero-order valence-corrected chi connectivity index (χ0v) is 30.2. The molecular formula is C44H48N2O7. The number of carbonyl (C=O) groups excluding carboxylic acids is 2. The second kappa shape index (κ2) is 24.0. The molecule has 0 saturated heterocycles. The van der Waals surface area contributed by atoms with E-state index >= 15 is 0 Å². The minimum absolute atomic E-state index is 0.246. The van der Waals surface area contributed by atoms with Crippen molar-refractivity contribution in [2.24, 2.45) is 5.73 Å². The van der Waals surface area contributed by atoms with Crippen molar-refractivity contribution in [1.82, 2.24) is 5.32 Å². The number of ether oxygens (including phenoxy) is 1. The number of nitrogens with one attached hydrogen (secondary N) is 1. The molecule has 2 atom stereocenters. The van der Waals surface area contributed by atoms with Crippen molar-refractivity contribution in [3.8, 4) is 0 Å². The lowest BCUT2D eigenvalue weighted by Gasteiger charge is -2.22. The molecule has 4 rings (SSSR count). The van der Waals surface area contributed by atoms with E-state index < -0.39 is 35.5 Å². The van der Waals surface area contributed by atoms with Gasteiger partial charge in [0.1, 0.15) is 17.7 Å². The molecule has 0 bridgehead atoms. The number of allylic oxidation sites excluding steroid dienone is 4. The average molecular weight is 717 g/mol. The number of rotatable bonds is 13. The first kappa shape index (κ1) is 42.8. The van der Waals surface area contributed by atoms with E-state index in [4.69, 9.17) is 15.6 Å². The summed E-state index contributed by atoms with van der Waals surface area (Å²) in [6.45, 7) is 5.50. The van der Waals surface area contributed by atoms with E-state index in [0.717, 1.165) is 28.3 Å². The van der Waals surface area contributed by atoms with Crippen LogP contribution in [0.15, 0.2) is 158 Å². The van der Waals surface area contributed by atoms with Gasteiger partial charge < -0.3 is 26.0 Å². The Hall–Kier alpha value is -6.32. The van der Waals surface area contributed by atoms with Crippen LogP contribution in [0.3, 0.4) is 0 Å². The predicted octanol–water partition coefficient (Wildman–Crippen LogP) is 7.31. The molecule has 276 valence electrons. The number of aliphatic carboxylic acids is 2. The van der Waals surface area contributed by atoms with E-state index in [2.05, 4.69) is 5.32 Å². The van der Waals surface area contributed by atoms with Crippen LogP contribution in [0.25, 0.3) is 12.2 Å². The minimum Gasteiger partial charge on any atom is -0.480 e. The first-order chi connectivity index (χ1) is 25.3. The van der Waals surface area contributed by atoms with Crippen molar-refractivity contribution in [3.05, 3.63) is 180 Å². The number of benzene rings is 4. The topological polar surface area (TPSA) is 156 Å². The number of carboxylic acid groups (broad SMARTS) is 2. The Balaban J connectivity index is 0.000000292. The molecule has 0 aliphatic rings. The van der Waals surface area contributed by atoms with E-state index in [1.54, 1.807) is 18.2 Å². The van der Waals surface area contributed by atoms with E-state index in [1.165, 1.54) is 12.2 Å². The van der Waals surface area contributed by atoms with Gasteiger partial charge in [-0.2, -0.15) is 0 Å². The summed E-state index contributed by atoms with van der Waals surface area (Å²) in [7, 11) is 0. The summed E-state index contributed by atoms with van der Waals surface area (Å²) < 4.78 is 5.21. The van der Waals surface area contributed by atoms with Gasteiger partial charge in [0, 0.05) is 18.6 Å². The van der Waals surface area contributed by atoms with E-state index in [0.29, 0.717) is 6.42 Å². The third kappa shape index (κ3) is 20.8. The van der Waals surface area contributed by atoms with Gasteiger partial charge in [-0.25, -0.2) is 9.59 Å². The molecule has 5 N–H and O–H groups in total. The maximum Gasteiger partial charge on any atom is 0.328 e. The van der Waals surface area contributed by atoms with Gasteiger partial charge >= 0.3 is 17.9 Å². The van der Waals surface area contributed by atoms with E-state index in [9.17, 15) is 24.3 Å². The molecule has 4 aromatic rings. The van der Waals surface area contributed by atoms with Crippen LogP contribution in [0.1, 0.15) is 43.0 Å². The Morgan fingerprint density at radius 2 is 1.06 bits per heavy atom. The third-order valence-corrected chi connectivity index (χ3v) is 6.79. The van der Waals surface area contributed by atoms with Crippen LogP contribution < -0.4 is 11.1 Å². The molecule has 1 amide bonds. The maximum atomic E-state index is 11.9. The Morgan fingerprint density at radius 3 is 1.47 bits per heavy atom. The quantitative estimate of drug-likeness (QED) is 0.0638. The van der Waals surface area contributed by atoms with Crippen molar-refractivity contribution in [1.29, 1.82) is 0 Å². The van der Waals surface area contributed by atoms with Crippen LogP contribution >= 0.6 is 0 Å². The van der Waals surface area contributed by atoms with Crippen LogP contribution in [0.5, 0.6) is 0 Å². The summed E-state index contributed by atoms with van der Waals surface area (Å²) in [5.74, 6) is -2.77. The highest BCUT2D eigenvalue weighted by Crippen LogP contribution is 2.10. The number of nitrogens with two attached hydrogens (primary N) is 1. The van der Waals surface area contributed by atoms with Crippen LogP contribution in [0.4, 0.5) is 0 Å². The molecule has 53 heavy (non-hydrogen) atoms. The second-order valence-corrected chi connectivity index (χ2v) is 12.5. The Labute approximate surface area is 311 Å². The molecule has 0 aromatic heterocycles. The van der Waals surface area contributed by atoms with Gasteiger partial charge in [0.25, 0.3) is 0 Å². The fourth-order valence-corrected chi connectivity index (χ4v) is 4.34. The number of carbonyl (C=O) groups is 4. The molecule has 0 radical (unpaired) electrons. The van der Waals surface area contributed by atoms with Gasteiger partial charge in [-0.3, -0.25) is 9.59 Å². The highest BCUT2D eigenvalue weighted by Gasteiger charge is 2.22. The summed E-state index contributed by atoms with van der Waals surface area (Å²) in [5.41, 5.74) is 9.28. The van der Waals surface area contributed by atoms with E-state index in [1.807, 2.05) is 154 Å². The molecule has 0 heterocycles. The SMILES string of the molecule is CC(C)(C)OC(=O)C(N)Cc1ccccc1.O=C(/C=C/C=C/c1ccccc1)NC(Cc1ccccc1)C(=O)O.O=C(O)/C=C/C=C/c1ccccc1. The molecule has 0 aliphatic heterocycles. The van der Waals surface area contributed by atoms with Gasteiger partial charge in [0.2, 0.25) is 5.91 Å².